The Kier molecular flexibility index (Phi) is 3.98. The van der Waals surface area contributed by atoms with Gasteiger partial charge in [0.05, 0.1) is 12.9 Å². The van der Waals surface area contributed by atoms with Gasteiger partial charge in [0.25, 0.3) is 0 Å². The lowest BCUT2D eigenvalue weighted by molar-refractivity contribution is 0.250. The van der Waals surface area contributed by atoms with Crippen molar-refractivity contribution in [2.75, 3.05) is 13.2 Å². The highest BCUT2D eigenvalue weighted by atomic mass is 16.5. The second-order valence-corrected chi connectivity index (χ2v) is 1.39. The van der Waals surface area contributed by atoms with Gasteiger partial charge in [-0.25, -0.2) is 0 Å². The van der Waals surface area contributed by atoms with E-state index in [1.165, 1.54) is 6.26 Å². The van der Waals surface area contributed by atoms with Crippen molar-refractivity contribution in [2.45, 2.75) is 0 Å². The second-order valence-electron chi connectivity index (χ2n) is 1.39. The maximum atomic E-state index is 8.35. The van der Waals surface area contributed by atoms with Crippen LogP contribution in [0.2, 0.25) is 0 Å². The number of aliphatic hydroxyl groups is 1. The Morgan fingerprint density at radius 1 is 1.75 bits per heavy atom. The maximum Gasteiger partial charge on any atom is 0.110 e. The SMILES string of the molecule is C=COCC(=C)CO. The zero-order valence-corrected chi connectivity index (χ0v) is 4.76. The molecule has 0 aliphatic rings. The minimum atomic E-state index is -0.0200. The molecule has 0 rings (SSSR count). The normalized spacial score (nSPS) is 8.12. The van der Waals surface area contributed by atoms with Crippen LogP contribution < -0.4 is 0 Å². The zero-order valence-electron chi connectivity index (χ0n) is 4.76. The van der Waals surface area contributed by atoms with Crippen LogP contribution in [-0.2, 0) is 4.74 Å². The fraction of sp³-hybridized carbons (Fsp3) is 0.333. The summed E-state index contributed by atoms with van der Waals surface area (Å²) < 4.78 is 4.69. The van der Waals surface area contributed by atoms with E-state index < -0.39 is 0 Å². The van der Waals surface area contributed by atoms with Gasteiger partial charge in [0.2, 0.25) is 0 Å². The maximum absolute atomic E-state index is 8.35. The molecule has 0 amide bonds. The highest BCUT2D eigenvalue weighted by Crippen LogP contribution is 1.87. The molecule has 46 valence electrons. The summed E-state index contributed by atoms with van der Waals surface area (Å²) >= 11 is 0. The first kappa shape index (κ1) is 7.24. The van der Waals surface area contributed by atoms with Crippen molar-refractivity contribution < 1.29 is 9.84 Å². The third kappa shape index (κ3) is 3.43. The molecule has 0 unspecified atom stereocenters. The predicted molar refractivity (Wildman–Crippen MR) is 32.4 cm³/mol. The van der Waals surface area contributed by atoms with Gasteiger partial charge < -0.3 is 9.84 Å². The van der Waals surface area contributed by atoms with Crippen molar-refractivity contribution in [3.8, 4) is 0 Å². The Hall–Kier alpha value is -0.760. The average molecular weight is 114 g/mol. The molecule has 0 radical (unpaired) electrons. The van der Waals surface area contributed by atoms with E-state index in [-0.39, 0.29) is 6.61 Å². The van der Waals surface area contributed by atoms with Crippen LogP contribution in [-0.4, -0.2) is 18.3 Å². The smallest absolute Gasteiger partial charge is 0.110 e. The molecule has 2 nitrogen and oxygen atoms in total. The van der Waals surface area contributed by atoms with Crippen LogP contribution in [0.5, 0.6) is 0 Å². The van der Waals surface area contributed by atoms with Crippen LogP contribution in [0.3, 0.4) is 0 Å². The Morgan fingerprint density at radius 3 is 2.75 bits per heavy atom. The molecule has 0 fully saturated rings. The fourth-order valence-electron chi connectivity index (χ4n) is 0.222. The van der Waals surface area contributed by atoms with Crippen molar-refractivity contribution in [3.05, 3.63) is 25.0 Å². The van der Waals surface area contributed by atoms with E-state index in [1.807, 2.05) is 0 Å². The Balaban J connectivity index is 3.11. The molecule has 0 heterocycles. The van der Waals surface area contributed by atoms with Crippen LogP contribution in [0.25, 0.3) is 0 Å². The van der Waals surface area contributed by atoms with Gasteiger partial charge in [-0.1, -0.05) is 13.2 Å². The molecule has 0 aliphatic heterocycles. The molecule has 0 spiro atoms. The summed E-state index contributed by atoms with van der Waals surface area (Å²) in [7, 11) is 0. The molecule has 0 saturated heterocycles. The van der Waals surface area contributed by atoms with Crippen molar-refractivity contribution in [1.82, 2.24) is 0 Å². The summed E-state index contributed by atoms with van der Waals surface area (Å²) in [6.45, 7) is 7.15. The number of aliphatic hydroxyl groups excluding tert-OH is 1. The average Bonchev–Trinajstić information content (AvgIpc) is 1.83. The molecule has 2 heteroatoms. The molecule has 0 atom stereocenters. The Labute approximate surface area is 49.1 Å². The molecule has 0 aromatic carbocycles. The van der Waals surface area contributed by atoms with Gasteiger partial charge in [0.15, 0.2) is 0 Å². The van der Waals surface area contributed by atoms with E-state index in [2.05, 4.69) is 13.2 Å². The number of rotatable bonds is 4. The summed E-state index contributed by atoms with van der Waals surface area (Å²) in [5.41, 5.74) is 0.657. The van der Waals surface area contributed by atoms with Gasteiger partial charge in [-0.3, -0.25) is 0 Å². The van der Waals surface area contributed by atoms with Gasteiger partial charge in [-0.05, 0) is 5.57 Å². The highest BCUT2D eigenvalue weighted by Gasteiger charge is 1.86. The van der Waals surface area contributed by atoms with Crippen LogP contribution >= 0.6 is 0 Å². The molecule has 0 bridgehead atoms. The van der Waals surface area contributed by atoms with E-state index in [4.69, 9.17) is 9.84 Å². The van der Waals surface area contributed by atoms with E-state index in [0.717, 1.165) is 0 Å². The lowest BCUT2D eigenvalue weighted by Gasteiger charge is -1.98. The minimum absolute atomic E-state index is 0.0200. The minimum Gasteiger partial charge on any atom is -0.497 e. The molecule has 0 saturated carbocycles. The van der Waals surface area contributed by atoms with E-state index in [1.54, 1.807) is 0 Å². The largest absolute Gasteiger partial charge is 0.497 e. The quantitative estimate of drug-likeness (QED) is 0.430. The van der Waals surface area contributed by atoms with Gasteiger partial charge in [0.1, 0.15) is 6.61 Å². The van der Waals surface area contributed by atoms with E-state index >= 15 is 0 Å². The topological polar surface area (TPSA) is 29.5 Å². The molecule has 0 aliphatic carbocycles. The van der Waals surface area contributed by atoms with Crippen LogP contribution in [0.1, 0.15) is 0 Å². The van der Waals surface area contributed by atoms with Crippen molar-refractivity contribution in [1.29, 1.82) is 0 Å². The molecule has 0 aromatic heterocycles. The molecular weight excluding hydrogens is 104 g/mol. The lowest BCUT2D eigenvalue weighted by atomic mass is 10.4. The van der Waals surface area contributed by atoms with Crippen molar-refractivity contribution in [2.24, 2.45) is 0 Å². The summed E-state index contributed by atoms with van der Waals surface area (Å²) in [6.07, 6.45) is 1.32. The first-order valence-electron chi connectivity index (χ1n) is 2.31. The van der Waals surface area contributed by atoms with Crippen molar-refractivity contribution >= 4 is 0 Å². The summed E-state index contributed by atoms with van der Waals surface area (Å²) in [5, 5.41) is 8.35. The van der Waals surface area contributed by atoms with E-state index in [9.17, 15) is 0 Å². The fourth-order valence-corrected chi connectivity index (χ4v) is 0.222. The third-order valence-corrected chi connectivity index (χ3v) is 0.629. The standard InChI is InChI=1S/C6H10O2/c1-3-8-5-6(2)4-7/h3,7H,1-2,4-5H2. The summed E-state index contributed by atoms with van der Waals surface area (Å²) in [4.78, 5) is 0. The number of hydrogen-bond donors (Lipinski definition) is 1. The molecule has 0 aromatic rings. The van der Waals surface area contributed by atoms with Crippen LogP contribution in [0, 0.1) is 0 Å². The van der Waals surface area contributed by atoms with Gasteiger partial charge in [0, 0.05) is 0 Å². The van der Waals surface area contributed by atoms with Crippen molar-refractivity contribution in [3.63, 3.8) is 0 Å². The van der Waals surface area contributed by atoms with Gasteiger partial charge in [-0.2, -0.15) is 0 Å². The molecule has 1 N–H and O–H groups in total. The number of ether oxygens (including phenoxy) is 1. The lowest BCUT2D eigenvalue weighted by Crippen LogP contribution is -1.95. The van der Waals surface area contributed by atoms with Crippen LogP contribution in [0.15, 0.2) is 25.0 Å². The van der Waals surface area contributed by atoms with Crippen LogP contribution in [0.4, 0.5) is 0 Å². The second kappa shape index (κ2) is 4.40. The Morgan fingerprint density at radius 2 is 2.38 bits per heavy atom. The Bertz CT molecular complexity index is 86.5. The molecular formula is C6H10O2. The molecule has 8 heavy (non-hydrogen) atoms. The summed E-state index contributed by atoms with van der Waals surface area (Å²) in [6, 6.07) is 0. The van der Waals surface area contributed by atoms with E-state index in [0.29, 0.717) is 12.2 Å². The predicted octanol–water partition coefficient (Wildman–Crippen LogP) is 0.695. The number of hydrogen-bond acceptors (Lipinski definition) is 2. The zero-order chi connectivity index (χ0) is 6.41. The first-order chi connectivity index (χ1) is 3.81. The van der Waals surface area contributed by atoms with Gasteiger partial charge >= 0.3 is 0 Å². The van der Waals surface area contributed by atoms with Gasteiger partial charge in [-0.15, -0.1) is 0 Å². The summed E-state index contributed by atoms with van der Waals surface area (Å²) in [5.74, 6) is 0. The monoisotopic (exact) mass is 114 g/mol. The highest BCUT2D eigenvalue weighted by molar-refractivity contribution is 4.93. The third-order valence-electron chi connectivity index (χ3n) is 0.629. The first-order valence-corrected chi connectivity index (χ1v) is 2.31.